The Kier molecular flexibility index (Phi) is 4.32. The van der Waals surface area contributed by atoms with Gasteiger partial charge >= 0.3 is 6.03 Å². The lowest BCUT2D eigenvalue weighted by molar-refractivity contribution is -0.130. The summed E-state index contributed by atoms with van der Waals surface area (Å²) >= 11 is 0. The maximum Gasteiger partial charge on any atom is 0.317 e. The van der Waals surface area contributed by atoms with Crippen LogP contribution < -0.4 is 5.32 Å². The SMILES string of the molecule is CC(=O)N1CCN(C(=O)NC23CCC(C(C)C)(CC2)CC3)CC1. The average Bonchev–Trinajstić information content (AvgIpc) is 2.56. The Morgan fingerprint density at radius 2 is 1.35 bits per heavy atom. The molecule has 0 aromatic heterocycles. The molecule has 4 aliphatic rings. The molecule has 23 heavy (non-hydrogen) atoms. The fraction of sp³-hybridized carbons (Fsp3) is 0.889. The van der Waals surface area contributed by atoms with Crippen LogP contribution in [0.4, 0.5) is 4.79 Å². The minimum atomic E-state index is 0.0332. The summed E-state index contributed by atoms with van der Waals surface area (Å²) in [6.07, 6.45) is 7.15. The van der Waals surface area contributed by atoms with Gasteiger partial charge in [-0.3, -0.25) is 4.79 Å². The molecule has 2 bridgehead atoms. The smallest absolute Gasteiger partial charge is 0.317 e. The summed E-state index contributed by atoms with van der Waals surface area (Å²) < 4.78 is 0. The Morgan fingerprint density at radius 1 is 0.870 bits per heavy atom. The molecule has 3 saturated carbocycles. The van der Waals surface area contributed by atoms with Crippen molar-refractivity contribution in [2.24, 2.45) is 11.3 Å². The molecule has 5 heteroatoms. The van der Waals surface area contributed by atoms with Crippen LogP contribution in [0, 0.1) is 11.3 Å². The molecule has 3 amide bonds. The lowest BCUT2D eigenvalue weighted by atomic mass is 9.53. The Hall–Kier alpha value is -1.26. The number of fused-ring (bicyclic) bond motifs is 3. The number of carbonyl (C=O) groups excluding carboxylic acids is 2. The van der Waals surface area contributed by atoms with Gasteiger partial charge in [-0.1, -0.05) is 13.8 Å². The summed E-state index contributed by atoms with van der Waals surface area (Å²) in [6, 6.07) is 0.0761. The van der Waals surface area contributed by atoms with Crippen LogP contribution in [0.3, 0.4) is 0 Å². The minimum absolute atomic E-state index is 0.0332. The van der Waals surface area contributed by atoms with Crippen molar-refractivity contribution in [2.75, 3.05) is 26.2 Å². The third-order valence-electron chi connectivity index (χ3n) is 6.91. The molecule has 4 rings (SSSR count). The molecule has 5 nitrogen and oxygen atoms in total. The first-order valence-electron chi connectivity index (χ1n) is 9.19. The number of hydrogen-bond acceptors (Lipinski definition) is 2. The van der Waals surface area contributed by atoms with Crippen LogP contribution in [0.25, 0.3) is 0 Å². The molecule has 0 atom stereocenters. The molecular weight excluding hydrogens is 290 g/mol. The van der Waals surface area contributed by atoms with E-state index in [9.17, 15) is 9.59 Å². The van der Waals surface area contributed by atoms with Crippen LogP contribution in [-0.4, -0.2) is 53.5 Å². The number of amides is 3. The largest absolute Gasteiger partial charge is 0.339 e. The van der Waals surface area contributed by atoms with E-state index in [4.69, 9.17) is 0 Å². The summed E-state index contributed by atoms with van der Waals surface area (Å²) in [4.78, 5) is 27.7. The highest BCUT2D eigenvalue weighted by Gasteiger charge is 2.50. The molecule has 0 spiro atoms. The molecule has 130 valence electrons. The van der Waals surface area contributed by atoms with E-state index in [2.05, 4.69) is 19.2 Å². The lowest BCUT2D eigenvalue weighted by Gasteiger charge is -2.56. The first-order valence-corrected chi connectivity index (χ1v) is 9.19. The van der Waals surface area contributed by atoms with Crippen LogP contribution in [0.1, 0.15) is 59.3 Å². The van der Waals surface area contributed by atoms with Crippen LogP contribution in [0.15, 0.2) is 0 Å². The molecule has 1 aliphatic heterocycles. The Labute approximate surface area is 139 Å². The fourth-order valence-corrected chi connectivity index (χ4v) is 4.80. The van der Waals surface area contributed by atoms with Gasteiger partial charge in [-0.25, -0.2) is 4.79 Å². The fourth-order valence-electron chi connectivity index (χ4n) is 4.80. The third-order valence-corrected chi connectivity index (χ3v) is 6.91. The summed E-state index contributed by atoms with van der Waals surface area (Å²) in [5.41, 5.74) is 0.561. The van der Waals surface area contributed by atoms with Crippen molar-refractivity contribution in [3.63, 3.8) is 0 Å². The summed E-state index contributed by atoms with van der Waals surface area (Å²) in [6.45, 7) is 8.92. The maximum absolute atomic E-state index is 12.6. The van der Waals surface area contributed by atoms with E-state index in [0.717, 1.165) is 25.2 Å². The first-order chi connectivity index (χ1) is 10.9. The van der Waals surface area contributed by atoms with Gasteiger partial charge < -0.3 is 15.1 Å². The highest BCUT2D eigenvalue weighted by Crippen LogP contribution is 2.55. The molecule has 4 fully saturated rings. The number of nitrogens with zero attached hydrogens (tertiary/aromatic N) is 2. The molecule has 0 radical (unpaired) electrons. The monoisotopic (exact) mass is 321 g/mol. The van der Waals surface area contributed by atoms with Crippen LogP contribution >= 0.6 is 0 Å². The molecule has 1 N–H and O–H groups in total. The second-order valence-corrected chi connectivity index (χ2v) is 8.22. The molecular formula is C18H31N3O2. The zero-order valence-corrected chi connectivity index (χ0v) is 14.9. The predicted molar refractivity (Wildman–Crippen MR) is 90.1 cm³/mol. The maximum atomic E-state index is 12.6. The lowest BCUT2D eigenvalue weighted by Crippen LogP contribution is -2.61. The highest BCUT2D eigenvalue weighted by molar-refractivity contribution is 5.76. The molecule has 3 aliphatic carbocycles. The van der Waals surface area contributed by atoms with Gasteiger partial charge in [-0.15, -0.1) is 0 Å². The topological polar surface area (TPSA) is 52.7 Å². The Balaban J connectivity index is 1.55. The number of hydrogen-bond donors (Lipinski definition) is 1. The molecule has 0 unspecified atom stereocenters. The van der Waals surface area contributed by atoms with Crippen LogP contribution in [-0.2, 0) is 4.79 Å². The average molecular weight is 321 g/mol. The second-order valence-electron chi connectivity index (χ2n) is 8.22. The van der Waals surface area contributed by atoms with Gasteiger partial charge in [0.2, 0.25) is 5.91 Å². The standard InChI is InChI=1S/C18H31N3O2/c1-14(2)17-4-7-18(8-5-17,9-6-17)19-16(23)21-12-10-20(11-13-21)15(3)22/h14H,4-13H2,1-3H3,(H,19,23). The predicted octanol–water partition coefficient (Wildman–Crippen LogP) is 2.61. The zero-order valence-electron chi connectivity index (χ0n) is 14.9. The normalized spacial score (nSPS) is 33.9. The van der Waals surface area contributed by atoms with Crippen molar-refractivity contribution in [3.8, 4) is 0 Å². The molecule has 0 aromatic rings. The Bertz CT molecular complexity index is 456. The number of nitrogens with one attached hydrogen (secondary N) is 1. The van der Waals surface area contributed by atoms with E-state index in [-0.39, 0.29) is 17.5 Å². The van der Waals surface area contributed by atoms with Gasteiger partial charge in [0.05, 0.1) is 0 Å². The zero-order chi connectivity index (χ0) is 16.7. The van der Waals surface area contributed by atoms with Crippen molar-refractivity contribution in [1.82, 2.24) is 15.1 Å². The highest BCUT2D eigenvalue weighted by atomic mass is 16.2. The van der Waals surface area contributed by atoms with E-state index in [1.165, 1.54) is 19.3 Å². The number of rotatable bonds is 2. The van der Waals surface area contributed by atoms with Crippen molar-refractivity contribution in [1.29, 1.82) is 0 Å². The van der Waals surface area contributed by atoms with Crippen molar-refractivity contribution >= 4 is 11.9 Å². The van der Waals surface area contributed by atoms with Crippen molar-refractivity contribution in [3.05, 3.63) is 0 Å². The van der Waals surface area contributed by atoms with Crippen molar-refractivity contribution in [2.45, 2.75) is 64.8 Å². The quantitative estimate of drug-likeness (QED) is 0.850. The van der Waals surface area contributed by atoms with Gasteiger partial charge in [0.15, 0.2) is 0 Å². The third kappa shape index (κ3) is 3.07. The first kappa shape index (κ1) is 16.6. The van der Waals surface area contributed by atoms with Gasteiger partial charge in [-0.05, 0) is 49.9 Å². The number of carbonyl (C=O) groups is 2. The summed E-state index contributed by atoms with van der Waals surface area (Å²) in [7, 11) is 0. The van der Waals surface area contributed by atoms with Gasteiger partial charge in [0.25, 0.3) is 0 Å². The number of piperazine rings is 1. The van der Waals surface area contributed by atoms with E-state index in [1.807, 2.05) is 9.80 Å². The molecule has 1 saturated heterocycles. The van der Waals surface area contributed by atoms with E-state index in [1.54, 1.807) is 6.92 Å². The number of urea groups is 1. The van der Waals surface area contributed by atoms with Crippen LogP contribution in [0.2, 0.25) is 0 Å². The van der Waals surface area contributed by atoms with Crippen LogP contribution in [0.5, 0.6) is 0 Å². The van der Waals surface area contributed by atoms with E-state index < -0.39 is 0 Å². The Morgan fingerprint density at radius 3 is 1.78 bits per heavy atom. The van der Waals surface area contributed by atoms with E-state index in [0.29, 0.717) is 31.6 Å². The molecule has 0 aromatic carbocycles. The van der Waals surface area contributed by atoms with Gasteiger partial charge in [0, 0.05) is 38.6 Å². The van der Waals surface area contributed by atoms with Gasteiger partial charge in [-0.2, -0.15) is 0 Å². The van der Waals surface area contributed by atoms with E-state index >= 15 is 0 Å². The summed E-state index contributed by atoms with van der Waals surface area (Å²) in [5, 5.41) is 3.37. The van der Waals surface area contributed by atoms with Gasteiger partial charge in [0.1, 0.15) is 0 Å². The summed E-state index contributed by atoms with van der Waals surface area (Å²) in [5.74, 6) is 0.851. The molecule has 1 heterocycles. The van der Waals surface area contributed by atoms with Crippen molar-refractivity contribution < 1.29 is 9.59 Å². The second kappa shape index (κ2) is 5.99. The minimum Gasteiger partial charge on any atom is -0.339 e.